The number of nitrogens with zero attached hydrogens (tertiary/aromatic N) is 1. The molecular formula is C32H33N3O. The Morgan fingerprint density at radius 1 is 0.722 bits per heavy atom. The van der Waals surface area contributed by atoms with Gasteiger partial charge in [-0.05, 0) is 74.2 Å². The third kappa shape index (κ3) is 3.21. The van der Waals surface area contributed by atoms with Crippen LogP contribution in [-0.2, 0) is 12.1 Å². The minimum Gasteiger partial charge on any atom is -0.456 e. The van der Waals surface area contributed by atoms with Crippen molar-refractivity contribution in [3.8, 4) is 11.5 Å². The summed E-state index contributed by atoms with van der Waals surface area (Å²) < 4.78 is 6.74. The van der Waals surface area contributed by atoms with E-state index in [4.69, 9.17) is 4.74 Å². The molecule has 4 aromatic rings. The fraction of sp³-hybridized carbons (Fsp3) is 0.250. The monoisotopic (exact) mass is 475 g/mol. The highest BCUT2D eigenvalue weighted by Crippen LogP contribution is 2.59. The summed E-state index contributed by atoms with van der Waals surface area (Å²) in [5.41, 5.74) is 10.4. The maximum atomic E-state index is 6.74. The van der Waals surface area contributed by atoms with Gasteiger partial charge in [0.25, 0.3) is 0 Å². The van der Waals surface area contributed by atoms with Crippen molar-refractivity contribution in [3.05, 3.63) is 112 Å². The van der Waals surface area contributed by atoms with Crippen molar-refractivity contribution in [2.75, 3.05) is 28.6 Å². The molecule has 0 bridgehead atoms. The minimum atomic E-state index is -0.494. The molecule has 2 N–H and O–H groups in total. The standard InChI is InChI=1S/C32H33N3O/c1-5-33-28-18-30-26(16-21(28)3)32(27-17-22(4)29(34-6-2)19-31(27)36-30)25-15-11-10-12-23(25)20-35(32)24-13-8-7-9-14-24/h7-19,33-34H,5-6,20H2,1-4H3. The Labute approximate surface area is 213 Å². The van der Waals surface area contributed by atoms with Gasteiger partial charge in [-0.1, -0.05) is 42.5 Å². The summed E-state index contributed by atoms with van der Waals surface area (Å²) in [4.78, 5) is 2.57. The van der Waals surface area contributed by atoms with Crippen molar-refractivity contribution in [2.45, 2.75) is 39.8 Å². The number of aryl methyl sites for hydroxylation is 2. The van der Waals surface area contributed by atoms with Gasteiger partial charge in [0.2, 0.25) is 0 Å². The zero-order chi connectivity index (χ0) is 24.9. The summed E-state index contributed by atoms with van der Waals surface area (Å²) in [6.45, 7) is 11.2. The van der Waals surface area contributed by atoms with Crippen molar-refractivity contribution in [1.82, 2.24) is 0 Å². The van der Waals surface area contributed by atoms with E-state index in [1.54, 1.807) is 0 Å². The van der Waals surface area contributed by atoms with Gasteiger partial charge in [-0.3, -0.25) is 0 Å². The van der Waals surface area contributed by atoms with Gasteiger partial charge in [0, 0.05) is 60.0 Å². The van der Waals surface area contributed by atoms with E-state index < -0.39 is 5.54 Å². The number of anilines is 3. The fourth-order valence-electron chi connectivity index (χ4n) is 6.06. The van der Waals surface area contributed by atoms with Gasteiger partial charge in [0.15, 0.2) is 0 Å². The van der Waals surface area contributed by atoms with Crippen LogP contribution in [0.25, 0.3) is 0 Å². The average molecular weight is 476 g/mol. The quantitative estimate of drug-likeness (QED) is 0.312. The average Bonchev–Trinajstić information content (AvgIpc) is 3.23. The second-order valence-corrected chi connectivity index (χ2v) is 9.78. The molecule has 4 heteroatoms. The molecule has 36 heavy (non-hydrogen) atoms. The van der Waals surface area contributed by atoms with Crippen LogP contribution in [0.4, 0.5) is 17.1 Å². The third-order valence-corrected chi connectivity index (χ3v) is 7.60. The zero-order valence-electron chi connectivity index (χ0n) is 21.5. The molecule has 2 heterocycles. The lowest BCUT2D eigenvalue weighted by Crippen LogP contribution is -2.45. The van der Waals surface area contributed by atoms with E-state index in [0.717, 1.165) is 42.5 Å². The molecule has 0 aliphatic carbocycles. The molecule has 0 saturated heterocycles. The largest absolute Gasteiger partial charge is 0.456 e. The topological polar surface area (TPSA) is 36.5 Å². The Kier molecular flexibility index (Phi) is 5.40. The molecule has 1 spiro atoms. The molecule has 0 radical (unpaired) electrons. The summed E-state index contributed by atoms with van der Waals surface area (Å²) in [5, 5.41) is 7.05. The minimum absolute atomic E-state index is 0.494. The summed E-state index contributed by atoms with van der Waals surface area (Å²) in [6, 6.07) is 28.8. The summed E-state index contributed by atoms with van der Waals surface area (Å²) in [7, 11) is 0. The Bertz CT molecular complexity index is 1380. The maximum Gasteiger partial charge on any atom is 0.135 e. The van der Waals surface area contributed by atoms with Gasteiger partial charge >= 0.3 is 0 Å². The lowest BCUT2D eigenvalue weighted by Gasteiger charge is -2.46. The smallest absolute Gasteiger partial charge is 0.135 e. The van der Waals surface area contributed by atoms with Crippen LogP contribution in [-0.4, -0.2) is 13.1 Å². The van der Waals surface area contributed by atoms with Crippen molar-refractivity contribution in [1.29, 1.82) is 0 Å². The molecule has 2 aliphatic rings. The van der Waals surface area contributed by atoms with Crippen LogP contribution in [0.5, 0.6) is 11.5 Å². The molecule has 182 valence electrons. The lowest BCUT2D eigenvalue weighted by molar-refractivity contribution is 0.416. The van der Waals surface area contributed by atoms with Crippen LogP contribution in [0.2, 0.25) is 0 Å². The van der Waals surface area contributed by atoms with E-state index >= 15 is 0 Å². The van der Waals surface area contributed by atoms with Gasteiger partial charge in [-0.2, -0.15) is 0 Å². The lowest BCUT2D eigenvalue weighted by atomic mass is 9.73. The highest BCUT2D eigenvalue weighted by atomic mass is 16.5. The van der Waals surface area contributed by atoms with Crippen LogP contribution in [0.3, 0.4) is 0 Å². The van der Waals surface area contributed by atoms with Gasteiger partial charge in [0.1, 0.15) is 17.0 Å². The molecular weight excluding hydrogens is 442 g/mol. The first kappa shape index (κ1) is 22.5. The van der Waals surface area contributed by atoms with Crippen molar-refractivity contribution in [3.63, 3.8) is 0 Å². The van der Waals surface area contributed by atoms with Crippen LogP contribution < -0.4 is 20.3 Å². The summed E-state index contributed by atoms with van der Waals surface area (Å²) in [5.74, 6) is 1.82. The van der Waals surface area contributed by atoms with Gasteiger partial charge in [-0.15, -0.1) is 0 Å². The van der Waals surface area contributed by atoms with E-state index in [1.165, 1.54) is 39.1 Å². The van der Waals surface area contributed by atoms with E-state index in [2.05, 4.69) is 122 Å². The highest BCUT2D eigenvalue weighted by molar-refractivity contribution is 5.77. The molecule has 4 nitrogen and oxygen atoms in total. The Balaban J connectivity index is 1.72. The molecule has 0 saturated carbocycles. The van der Waals surface area contributed by atoms with Gasteiger partial charge < -0.3 is 20.3 Å². The van der Waals surface area contributed by atoms with Crippen molar-refractivity contribution < 1.29 is 4.74 Å². The van der Waals surface area contributed by atoms with Crippen LogP contribution in [0.15, 0.2) is 78.9 Å². The predicted octanol–water partition coefficient (Wildman–Crippen LogP) is 7.58. The van der Waals surface area contributed by atoms with Crippen molar-refractivity contribution in [2.24, 2.45) is 0 Å². The van der Waals surface area contributed by atoms with Crippen LogP contribution in [0, 0.1) is 13.8 Å². The molecule has 0 atom stereocenters. The number of benzene rings is 4. The second-order valence-electron chi connectivity index (χ2n) is 9.78. The molecule has 6 rings (SSSR count). The molecule has 0 amide bonds. The molecule has 0 aromatic heterocycles. The third-order valence-electron chi connectivity index (χ3n) is 7.60. The van der Waals surface area contributed by atoms with Crippen LogP contribution in [0.1, 0.15) is 47.2 Å². The normalized spacial score (nSPS) is 14.6. The molecule has 0 fully saturated rings. The predicted molar refractivity (Wildman–Crippen MR) is 150 cm³/mol. The van der Waals surface area contributed by atoms with E-state index in [-0.39, 0.29) is 0 Å². The maximum absolute atomic E-state index is 6.74. The zero-order valence-corrected chi connectivity index (χ0v) is 21.5. The SMILES string of the molecule is CCNc1cc2c(cc1C)C1(c3ccccc3CN1c1ccccc1)c1cc(C)c(NCC)cc1O2. The Morgan fingerprint density at radius 3 is 1.86 bits per heavy atom. The highest BCUT2D eigenvalue weighted by Gasteiger charge is 2.53. The number of ether oxygens (including phenoxy) is 1. The number of hydrogen-bond donors (Lipinski definition) is 2. The van der Waals surface area contributed by atoms with Crippen LogP contribution >= 0.6 is 0 Å². The number of hydrogen-bond acceptors (Lipinski definition) is 4. The van der Waals surface area contributed by atoms with Gasteiger partial charge in [0.05, 0.1) is 0 Å². The number of rotatable bonds is 5. The van der Waals surface area contributed by atoms with E-state index in [1.807, 2.05) is 0 Å². The molecule has 4 aromatic carbocycles. The summed E-state index contributed by atoms with van der Waals surface area (Å²) in [6.07, 6.45) is 0. The first-order valence-corrected chi connectivity index (χ1v) is 12.9. The number of nitrogens with one attached hydrogen (secondary N) is 2. The van der Waals surface area contributed by atoms with E-state index in [0.29, 0.717) is 0 Å². The first-order valence-electron chi connectivity index (χ1n) is 12.9. The fourth-order valence-corrected chi connectivity index (χ4v) is 6.06. The second kappa shape index (κ2) is 8.63. The first-order chi connectivity index (χ1) is 17.6. The summed E-state index contributed by atoms with van der Waals surface area (Å²) >= 11 is 0. The number of para-hydroxylation sites is 1. The Morgan fingerprint density at radius 2 is 1.28 bits per heavy atom. The molecule has 2 aliphatic heterocycles. The molecule has 0 unspecified atom stereocenters. The Hall–Kier alpha value is -3.92. The number of fused-ring (bicyclic) bond motifs is 6. The van der Waals surface area contributed by atoms with Gasteiger partial charge in [-0.25, -0.2) is 0 Å². The van der Waals surface area contributed by atoms with Crippen molar-refractivity contribution >= 4 is 17.1 Å². The van der Waals surface area contributed by atoms with E-state index in [9.17, 15) is 0 Å².